The van der Waals surface area contributed by atoms with Crippen molar-refractivity contribution >= 4 is 42.3 Å². The molecule has 0 amide bonds. The number of fused-ring (bicyclic) bond motifs is 1. The molecule has 43 heavy (non-hydrogen) atoms. The van der Waals surface area contributed by atoms with Gasteiger partial charge < -0.3 is 24.4 Å². The topological polar surface area (TPSA) is 159 Å². The van der Waals surface area contributed by atoms with Crippen LogP contribution in [0.3, 0.4) is 0 Å². The smallest absolute Gasteiger partial charge is 0.459 e. The number of nitrogens with zero attached hydrogens (tertiary/aromatic N) is 4. The predicted molar refractivity (Wildman–Crippen MR) is 158 cm³/mol. The van der Waals surface area contributed by atoms with E-state index in [4.69, 9.17) is 30.1 Å². The SMILES string of the molecule is CCCNc1nc(C)nc2c1ncn2[C@@H]1O[C@](CCl)(CO[P@@](=O)(N[C@@H](C)C(=O)OC(C)C)Oc2ccccc2)[C@@H](O)[C@@H]1F. The number of anilines is 1. The standard InChI is InChI=1S/C27H37ClFN6O7P/c1-6-12-30-23-21-24(33-18(5)32-23)35(15-31-21)25-20(29)22(36)27(13-28,41-25)14-39-43(38,42-19-10-8-7-9-11-19)34-17(4)26(37)40-16(2)3/h7-11,15-17,20,22,25,36H,6,12-14H2,1-5H3,(H,34,38)(H,30,32,33)/t17-,20-,22-,25+,27+,43-/m0/s1. The van der Waals surface area contributed by atoms with E-state index in [0.717, 1.165) is 6.42 Å². The molecule has 4 rings (SSSR count). The lowest BCUT2D eigenvalue weighted by Gasteiger charge is -2.31. The Labute approximate surface area is 254 Å². The predicted octanol–water partition coefficient (Wildman–Crippen LogP) is 4.30. The number of carbonyl (C=O) groups excluding carboxylic acids is 1. The highest BCUT2D eigenvalue weighted by atomic mass is 35.5. The van der Waals surface area contributed by atoms with Crippen LogP contribution in [0, 0.1) is 6.92 Å². The minimum Gasteiger partial charge on any atom is -0.462 e. The number of nitrogens with one attached hydrogen (secondary N) is 2. The summed E-state index contributed by atoms with van der Waals surface area (Å²) in [6.45, 7) is 8.45. The van der Waals surface area contributed by atoms with E-state index in [9.17, 15) is 14.5 Å². The second kappa shape index (κ2) is 13.8. The fraction of sp³-hybridized carbons (Fsp3) is 0.556. The molecule has 1 fully saturated rings. The molecule has 6 atom stereocenters. The molecule has 1 aliphatic rings. The number of alkyl halides is 2. The van der Waals surface area contributed by atoms with Gasteiger partial charge in [-0.25, -0.2) is 23.9 Å². The third-order valence-corrected chi connectivity index (χ3v) is 8.63. The zero-order valence-corrected chi connectivity index (χ0v) is 26.2. The molecule has 2 aromatic heterocycles. The van der Waals surface area contributed by atoms with Gasteiger partial charge in [0.25, 0.3) is 0 Å². The first-order chi connectivity index (χ1) is 20.4. The third-order valence-electron chi connectivity index (χ3n) is 6.55. The highest BCUT2D eigenvalue weighted by molar-refractivity contribution is 7.52. The van der Waals surface area contributed by atoms with Crippen molar-refractivity contribution in [1.82, 2.24) is 24.6 Å². The molecule has 1 saturated heterocycles. The number of para-hydroxylation sites is 1. The zero-order valence-electron chi connectivity index (χ0n) is 24.6. The Kier molecular flexibility index (Phi) is 10.6. The maximum atomic E-state index is 15.8. The molecule has 0 radical (unpaired) electrons. The van der Waals surface area contributed by atoms with E-state index in [1.54, 1.807) is 39.0 Å². The summed E-state index contributed by atoms with van der Waals surface area (Å²) in [6.07, 6.45) is -3.43. The molecule has 3 heterocycles. The Bertz CT molecular complexity index is 1450. The number of halogens is 2. The lowest BCUT2D eigenvalue weighted by Crippen LogP contribution is -2.48. The Hall–Kier alpha value is -2.87. The molecule has 236 valence electrons. The van der Waals surface area contributed by atoms with Gasteiger partial charge in [0, 0.05) is 6.54 Å². The van der Waals surface area contributed by atoms with Crippen molar-refractivity contribution in [3.05, 3.63) is 42.5 Å². The fourth-order valence-electron chi connectivity index (χ4n) is 4.41. The van der Waals surface area contributed by atoms with Crippen LogP contribution in [0.15, 0.2) is 36.7 Å². The van der Waals surface area contributed by atoms with Gasteiger partial charge in [-0.2, -0.15) is 5.09 Å². The van der Waals surface area contributed by atoms with Crippen molar-refractivity contribution in [2.45, 2.75) is 77.3 Å². The molecule has 0 spiro atoms. The van der Waals surface area contributed by atoms with E-state index < -0.39 is 62.5 Å². The van der Waals surface area contributed by atoms with Crippen LogP contribution in [0.5, 0.6) is 5.75 Å². The molecule has 13 nitrogen and oxygen atoms in total. The van der Waals surface area contributed by atoms with E-state index in [1.807, 2.05) is 6.92 Å². The Morgan fingerprint density at radius 2 is 2.00 bits per heavy atom. The molecular formula is C27H37ClFN6O7P. The quantitative estimate of drug-likeness (QED) is 0.130. The molecule has 3 aromatic rings. The second-order valence-corrected chi connectivity index (χ2v) is 12.4. The highest BCUT2D eigenvalue weighted by Gasteiger charge is 2.57. The molecule has 0 aliphatic carbocycles. The number of hydrogen-bond donors (Lipinski definition) is 3. The molecule has 3 N–H and O–H groups in total. The van der Waals surface area contributed by atoms with Crippen molar-refractivity contribution in [1.29, 1.82) is 0 Å². The lowest BCUT2D eigenvalue weighted by molar-refractivity contribution is -0.149. The van der Waals surface area contributed by atoms with Crippen LogP contribution >= 0.6 is 19.3 Å². The summed E-state index contributed by atoms with van der Waals surface area (Å²) in [5.74, 6) is -0.0568. The number of aromatic nitrogens is 4. The summed E-state index contributed by atoms with van der Waals surface area (Å²) < 4.78 is 53.7. The van der Waals surface area contributed by atoms with Gasteiger partial charge >= 0.3 is 13.7 Å². The number of esters is 1. The molecule has 0 unspecified atom stereocenters. The van der Waals surface area contributed by atoms with Gasteiger partial charge in [0.1, 0.15) is 29.3 Å². The average molecular weight is 643 g/mol. The number of aryl methyl sites for hydroxylation is 1. The van der Waals surface area contributed by atoms with E-state index in [0.29, 0.717) is 23.7 Å². The van der Waals surface area contributed by atoms with Gasteiger partial charge in [-0.1, -0.05) is 25.1 Å². The first-order valence-corrected chi connectivity index (χ1v) is 16.0. The summed E-state index contributed by atoms with van der Waals surface area (Å²) in [5, 5.41) is 16.8. The van der Waals surface area contributed by atoms with Gasteiger partial charge in [-0.3, -0.25) is 13.9 Å². The van der Waals surface area contributed by atoms with E-state index in [-0.39, 0.29) is 11.4 Å². The van der Waals surface area contributed by atoms with Crippen LogP contribution in [-0.4, -0.2) is 79.6 Å². The van der Waals surface area contributed by atoms with Crippen molar-refractivity contribution < 1.29 is 37.4 Å². The average Bonchev–Trinajstić information content (AvgIpc) is 3.49. The molecule has 0 bridgehead atoms. The van der Waals surface area contributed by atoms with E-state index in [2.05, 4.69) is 25.4 Å². The van der Waals surface area contributed by atoms with Crippen LogP contribution in [0.1, 0.15) is 46.2 Å². The summed E-state index contributed by atoms with van der Waals surface area (Å²) in [7, 11) is -4.36. The third kappa shape index (κ3) is 7.44. The van der Waals surface area contributed by atoms with Gasteiger partial charge in [-0.05, 0) is 46.2 Å². The summed E-state index contributed by atoms with van der Waals surface area (Å²) in [4.78, 5) is 25.6. The maximum absolute atomic E-state index is 15.8. The van der Waals surface area contributed by atoms with Gasteiger partial charge in [-0.15, -0.1) is 11.6 Å². The van der Waals surface area contributed by atoms with Crippen molar-refractivity contribution in [2.75, 3.05) is 24.3 Å². The molecule has 1 aromatic carbocycles. The van der Waals surface area contributed by atoms with Crippen LogP contribution in [-0.2, 0) is 23.4 Å². The van der Waals surface area contributed by atoms with Crippen molar-refractivity contribution in [3.63, 3.8) is 0 Å². The van der Waals surface area contributed by atoms with Gasteiger partial charge in [0.2, 0.25) is 0 Å². The van der Waals surface area contributed by atoms with Gasteiger partial charge in [0.15, 0.2) is 29.4 Å². The summed E-state index contributed by atoms with van der Waals surface area (Å²) >= 11 is 6.26. The number of rotatable bonds is 14. The van der Waals surface area contributed by atoms with Crippen LogP contribution < -0.4 is 14.9 Å². The van der Waals surface area contributed by atoms with Gasteiger partial charge in [0.05, 0.1) is 24.9 Å². The molecular weight excluding hydrogens is 606 g/mol. The number of ether oxygens (including phenoxy) is 2. The minimum absolute atomic E-state index is 0.171. The number of benzene rings is 1. The van der Waals surface area contributed by atoms with E-state index in [1.165, 1.54) is 30.0 Å². The number of hydrogen-bond acceptors (Lipinski definition) is 11. The molecule has 1 aliphatic heterocycles. The summed E-state index contributed by atoms with van der Waals surface area (Å²) in [6, 6.07) is 7.01. The number of aliphatic hydroxyl groups excluding tert-OH is 1. The number of aliphatic hydroxyl groups is 1. The number of imidazole rings is 1. The highest BCUT2D eigenvalue weighted by Crippen LogP contribution is 2.49. The fourth-order valence-corrected chi connectivity index (χ4v) is 6.25. The zero-order chi connectivity index (χ0) is 31.4. The lowest BCUT2D eigenvalue weighted by atomic mass is 9.99. The first kappa shape index (κ1) is 33.0. The van der Waals surface area contributed by atoms with Crippen LogP contribution in [0.2, 0.25) is 0 Å². The molecule has 16 heteroatoms. The Morgan fingerprint density at radius 1 is 1.28 bits per heavy atom. The first-order valence-electron chi connectivity index (χ1n) is 13.9. The Balaban J connectivity index is 1.60. The second-order valence-electron chi connectivity index (χ2n) is 10.5. The molecule has 0 saturated carbocycles. The van der Waals surface area contributed by atoms with Crippen LogP contribution in [0.4, 0.5) is 10.2 Å². The van der Waals surface area contributed by atoms with Crippen molar-refractivity contribution in [2.24, 2.45) is 0 Å². The monoisotopic (exact) mass is 642 g/mol. The Morgan fingerprint density at radius 3 is 2.65 bits per heavy atom. The largest absolute Gasteiger partial charge is 0.462 e. The number of carbonyl (C=O) groups is 1. The minimum atomic E-state index is -4.36. The van der Waals surface area contributed by atoms with Crippen molar-refractivity contribution in [3.8, 4) is 5.75 Å². The van der Waals surface area contributed by atoms with E-state index >= 15 is 4.39 Å². The van der Waals surface area contributed by atoms with Crippen LogP contribution in [0.25, 0.3) is 11.2 Å². The summed E-state index contributed by atoms with van der Waals surface area (Å²) in [5.41, 5.74) is -1.18. The normalized spacial score (nSPS) is 24.2. The maximum Gasteiger partial charge on any atom is 0.459 e.